The van der Waals surface area contributed by atoms with Crippen molar-refractivity contribution in [3.63, 3.8) is 0 Å². The van der Waals surface area contributed by atoms with Crippen molar-refractivity contribution in [3.8, 4) is 56.0 Å². The minimum absolute atomic E-state index is 0.516. The summed E-state index contributed by atoms with van der Waals surface area (Å²) in [4.78, 5) is 0. The first-order valence-corrected chi connectivity index (χ1v) is 20.7. The monoisotopic (exact) mass is 746 g/mol. The average Bonchev–Trinajstić information content (AvgIpc) is 3.89. The van der Waals surface area contributed by atoms with E-state index in [4.69, 9.17) is 4.74 Å². The van der Waals surface area contributed by atoms with E-state index in [-0.39, 0.29) is 0 Å². The van der Waals surface area contributed by atoms with Crippen LogP contribution in [0.3, 0.4) is 0 Å². The van der Waals surface area contributed by atoms with Crippen molar-refractivity contribution in [2.24, 2.45) is 0 Å². The highest BCUT2D eigenvalue weighted by Gasteiger charge is 2.55. The Morgan fingerprint density at radius 3 is 1.44 bits per heavy atom. The van der Waals surface area contributed by atoms with E-state index in [1.165, 1.54) is 111 Å². The van der Waals surface area contributed by atoms with Crippen LogP contribution in [-0.4, -0.2) is 0 Å². The van der Waals surface area contributed by atoms with Crippen LogP contribution in [0.25, 0.3) is 66.1 Å². The van der Waals surface area contributed by atoms with E-state index in [9.17, 15) is 0 Å². The van der Waals surface area contributed by atoms with Gasteiger partial charge in [-0.3, -0.25) is 0 Å². The standard InChI is InChI=1S/C58H34O/c1-2-16-37-34-54-52(32-36(37)15-1)57(47-24-9-5-18-41(47)42-19-6-10-25-48(42)57)51-33-38(29-31-53(51)59-54)40-22-13-23-45-43-20-7-11-26-49(43)58(56(40)45)50-27-12-8-21-44(50)46-30-28-35-14-3-4-17-39(35)55(46)58/h1-34H. The van der Waals surface area contributed by atoms with E-state index >= 15 is 0 Å². The average molecular weight is 747 g/mol. The highest BCUT2D eigenvalue weighted by Crippen LogP contribution is 2.67. The SMILES string of the molecule is c1ccc2c(c1)-c1ccccc1C21c2cc(-c3cccc4c3C3(c5ccccc5-4)c4ccccc4-c4ccc5ccccc5c43)ccc2Oc2cc3ccccc3cc21. The van der Waals surface area contributed by atoms with E-state index in [0.29, 0.717) is 0 Å². The second-order valence-electron chi connectivity index (χ2n) is 16.6. The van der Waals surface area contributed by atoms with Crippen molar-refractivity contribution in [2.45, 2.75) is 10.8 Å². The lowest BCUT2D eigenvalue weighted by molar-refractivity contribution is 0.437. The molecule has 0 saturated heterocycles. The van der Waals surface area contributed by atoms with Crippen LogP contribution in [0.5, 0.6) is 11.5 Å². The molecule has 2 spiro atoms. The molecular formula is C58H34O. The van der Waals surface area contributed by atoms with Crippen LogP contribution in [0.15, 0.2) is 206 Å². The third kappa shape index (κ3) is 3.73. The molecule has 1 atom stereocenters. The Kier molecular flexibility index (Phi) is 5.96. The highest BCUT2D eigenvalue weighted by atomic mass is 16.5. The first kappa shape index (κ1) is 31.6. The van der Waals surface area contributed by atoms with Crippen LogP contribution in [0.1, 0.15) is 44.5 Å². The molecule has 1 nitrogen and oxygen atoms in total. The molecule has 10 aromatic carbocycles. The summed E-state index contributed by atoms with van der Waals surface area (Å²) >= 11 is 0. The van der Waals surface area contributed by atoms with Gasteiger partial charge in [-0.25, -0.2) is 0 Å². The van der Waals surface area contributed by atoms with Gasteiger partial charge in [0.25, 0.3) is 0 Å². The second-order valence-corrected chi connectivity index (χ2v) is 16.6. The molecular weight excluding hydrogens is 713 g/mol. The summed E-state index contributed by atoms with van der Waals surface area (Å²) < 4.78 is 7.07. The van der Waals surface area contributed by atoms with Crippen molar-refractivity contribution >= 4 is 21.5 Å². The van der Waals surface area contributed by atoms with Crippen molar-refractivity contribution in [1.82, 2.24) is 0 Å². The fourth-order valence-corrected chi connectivity index (χ4v) is 12.0. The van der Waals surface area contributed by atoms with Crippen molar-refractivity contribution in [2.75, 3.05) is 0 Å². The van der Waals surface area contributed by atoms with E-state index in [1.54, 1.807) is 0 Å². The first-order chi connectivity index (χ1) is 29.3. The predicted molar refractivity (Wildman–Crippen MR) is 241 cm³/mol. The zero-order valence-corrected chi connectivity index (χ0v) is 32.0. The van der Waals surface area contributed by atoms with E-state index in [0.717, 1.165) is 11.5 Å². The van der Waals surface area contributed by atoms with Gasteiger partial charge in [-0.1, -0.05) is 182 Å². The molecule has 0 amide bonds. The molecule has 4 aliphatic rings. The summed E-state index contributed by atoms with van der Waals surface area (Å²) in [5, 5.41) is 4.95. The van der Waals surface area contributed by atoms with E-state index in [2.05, 4.69) is 206 Å². The van der Waals surface area contributed by atoms with Gasteiger partial charge in [-0.15, -0.1) is 0 Å². The van der Waals surface area contributed by atoms with Crippen LogP contribution >= 0.6 is 0 Å². The zero-order valence-electron chi connectivity index (χ0n) is 32.0. The fourth-order valence-electron chi connectivity index (χ4n) is 12.0. The lowest BCUT2D eigenvalue weighted by atomic mass is 9.65. The molecule has 272 valence electrons. The number of ether oxygens (including phenoxy) is 1. The Morgan fingerprint density at radius 1 is 0.271 bits per heavy atom. The number of fused-ring (bicyclic) bond motifs is 22. The van der Waals surface area contributed by atoms with Gasteiger partial charge in [0.2, 0.25) is 0 Å². The Hall–Kier alpha value is -7.48. The molecule has 59 heavy (non-hydrogen) atoms. The maximum absolute atomic E-state index is 7.07. The fraction of sp³-hybridized carbons (Fsp3) is 0.0345. The third-order valence-corrected chi connectivity index (χ3v) is 14.1. The van der Waals surface area contributed by atoms with Gasteiger partial charge in [-0.2, -0.15) is 0 Å². The number of hydrogen-bond donors (Lipinski definition) is 0. The molecule has 1 aliphatic heterocycles. The minimum Gasteiger partial charge on any atom is -0.457 e. The van der Waals surface area contributed by atoms with Crippen LogP contribution < -0.4 is 4.74 Å². The molecule has 0 N–H and O–H groups in total. The smallest absolute Gasteiger partial charge is 0.132 e. The molecule has 0 radical (unpaired) electrons. The van der Waals surface area contributed by atoms with E-state index in [1.807, 2.05) is 0 Å². The van der Waals surface area contributed by atoms with Gasteiger partial charge in [0, 0.05) is 11.1 Å². The maximum atomic E-state index is 7.07. The minimum atomic E-state index is -0.586. The largest absolute Gasteiger partial charge is 0.457 e. The van der Waals surface area contributed by atoms with Gasteiger partial charge >= 0.3 is 0 Å². The number of hydrogen-bond acceptors (Lipinski definition) is 1. The molecule has 10 aromatic rings. The zero-order chi connectivity index (χ0) is 38.5. The van der Waals surface area contributed by atoms with Gasteiger partial charge in [-0.05, 0) is 124 Å². The maximum Gasteiger partial charge on any atom is 0.132 e. The van der Waals surface area contributed by atoms with Crippen LogP contribution in [0.4, 0.5) is 0 Å². The first-order valence-electron chi connectivity index (χ1n) is 20.7. The van der Waals surface area contributed by atoms with Crippen LogP contribution in [0.2, 0.25) is 0 Å². The predicted octanol–water partition coefficient (Wildman–Crippen LogP) is 14.5. The Labute approximate surface area is 342 Å². The normalized spacial score (nSPS) is 16.5. The van der Waals surface area contributed by atoms with Gasteiger partial charge in [0.05, 0.1) is 10.8 Å². The van der Waals surface area contributed by atoms with Gasteiger partial charge in [0.15, 0.2) is 0 Å². The Balaban J connectivity index is 1.11. The molecule has 1 unspecified atom stereocenters. The lowest BCUT2D eigenvalue weighted by Gasteiger charge is -2.40. The van der Waals surface area contributed by atoms with Crippen LogP contribution in [-0.2, 0) is 10.8 Å². The summed E-state index contributed by atoms with van der Waals surface area (Å²) in [5.41, 5.74) is 19.5. The summed E-state index contributed by atoms with van der Waals surface area (Å²) in [6.45, 7) is 0. The van der Waals surface area contributed by atoms with Crippen molar-refractivity contribution in [3.05, 3.63) is 251 Å². The molecule has 0 bridgehead atoms. The highest BCUT2D eigenvalue weighted by molar-refractivity contribution is 6.06. The van der Waals surface area contributed by atoms with Crippen molar-refractivity contribution in [1.29, 1.82) is 0 Å². The molecule has 3 aliphatic carbocycles. The van der Waals surface area contributed by atoms with Crippen LogP contribution in [0, 0.1) is 0 Å². The summed E-state index contributed by atoms with van der Waals surface area (Å²) in [7, 11) is 0. The molecule has 14 rings (SSSR count). The molecule has 0 aromatic heterocycles. The Morgan fingerprint density at radius 2 is 0.763 bits per heavy atom. The second kappa shape index (κ2) is 11.1. The van der Waals surface area contributed by atoms with Gasteiger partial charge < -0.3 is 4.74 Å². The van der Waals surface area contributed by atoms with Crippen molar-refractivity contribution < 1.29 is 4.74 Å². The van der Waals surface area contributed by atoms with Gasteiger partial charge in [0.1, 0.15) is 11.5 Å². The molecule has 0 fully saturated rings. The summed E-state index contributed by atoms with van der Waals surface area (Å²) in [5.74, 6) is 1.81. The quantitative estimate of drug-likeness (QED) is 0.163. The summed E-state index contributed by atoms with van der Waals surface area (Å²) in [6.07, 6.45) is 0. The molecule has 1 heterocycles. The third-order valence-electron chi connectivity index (χ3n) is 14.1. The molecule has 1 heteroatoms. The topological polar surface area (TPSA) is 9.23 Å². The Bertz CT molecular complexity index is 3440. The number of rotatable bonds is 1. The molecule has 0 saturated carbocycles. The lowest BCUT2D eigenvalue weighted by Crippen LogP contribution is -2.32. The van der Waals surface area contributed by atoms with E-state index < -0.39 is 10.8 Å². The number of benzene rings is 10. The summed E-state index contributed by atoms with van der Waals surface area (Å²) in [6, 6.07) is 77.3.